The molecule has 6 nitrogen and oxygen atoms in total. The first-order valence-corrected chi connectivity index (χ1v) is 11.2. The Kier molecular flexibility index (Phi) is 6.58. The fourth-order valence-electron chi connectivity index (χ4n) is 4.32. The molecule has 2 N–H and O–H groups in total. The van der Waals surface area contributed by atoms with E-state index in [1.54, 1.807) is 18.2 Å². The average molecular weight is 465 g/mol. The maximum atomic E-state index is 14.6. The lowest BCUT2D eigenvalue weighted by Gasteiger charge is -2.12. The number of carbonyl (C=O) groups is 1. The third-order valence-electron chi connectivity index (χ3n) is 5.94. The molecule has 0 aliphatic heterocycles. The Morgan fingerprint density at radius 2 is 1.88 bits per heavy atom. The minimum absolute atomic E-state index is 0.257. The highest BCUT2D eigenvalue weighted by molar-refractivity contribution is 5.90. The van der Waals surface area contributed by atoms with Crippen molar-refractivity contribution < 1.29 is 18.7 Å². The fraction of sp³-hybridized carbons (Fsp3) is 0.269. The number of hydrogen-bond acceptors (Lipinski definition) is 4. The molecule has 176 valence electrons. The normalized spacial score (nSPS) is 11.2. The first kappa shape index (κ1) is 23.4. The number of fused-ring (bicyclic) bond motifs is 1. The van der Waals surface area contributed by atoms with Crippen LogP contribution < -0.4 is 5.32 Å². The molecule has 2 aromatic heterocycles. The van der Waals surface area contributed by atoms with Gasteiger partial charge in [0.1, 0.15) is 23.8 Å². The molecule has 34 heavy (non-hydrogen) atoms. The number of anilines is 1. The Balaban J connectivity index is 1.56. The van der Waals surface area contributed by atoms with Crippen LogP contribution in [0.2, 0.25) is 0 Å². The number of aromatic nitrogens is 3. The number of benzene rings is 2. The Hall–Kier alpha value is -3.81. The maximum Gasteiger partial charge on any atom is 0.338 e. The van der Waals surface area contributed by atoms with E-state index >= 15 is 0 Å². The van der Waals surface area contributed by atoms with Crippen molar-refractivity contribution in [2.75, 3.05) is 11.9 Å². The van der Waals surface area contributed by atoms with Gasteiger partial charge in [-0.05, 0) is 55.7 Å². The first-order chi connectivity index (χ1) is 16.3. The Bertz CT molecular complexity index is 1380. The summed E-state index contributed by atoms with van der Waals surface area (Å²) < 4.78 is 31.0. The van der Waals surface area contributed by atoms with Crippen molar-refractivity contribution in [1.82, 2.24) is 14.5 Å². The number of carboxylic acid groups (broad SMARTS) is 1. The number of hydrogen-bond donors (Lipinski definition) is 2. The van der Waals surface area contributed by atoms with Crippen molar-refractivity contribution in [3.05, 3.63) is 76.7 Å². The van der Waals surface area contributed by atoms with Gasteiger partial charge in [-0.3, -0.25) is 0 Å². The largest absolute Gasteiger partial charge is 0.478 e. The highest BCUT2D eigenvalue weighted by atomic mass is 19.1. The van der Waals surface area contributed by atoms with Gasteiger partial charge in [-0.1, -0.05) is 19.4 Å². The lowest BCUT2D eigenvalue weighted by molar-refractivity contribution is 0.0690. The average Bonchev–Trinajstić information content (AvgIpc) is 3.13. The van der Waals surface area contributed by atoms with E-state index < -0.39 is 11.8 Å². The summed E-state index contributed by atoms with van der Waals surface area (Å²) in [5.74, 6) is -1.78. The van der Waals surface area contributed by atoms with E-state index in [-0.39, 0.29) is 11.4 Å². The van der Waals surface area contributed by atoms with E-state index in [1.807, 2.05) is 31.4 Å². The van der Waals surface area contributed by atoms with Gasteiger partial charge >= 0.3 is 5.97 Å². The van der Waals surface area contributed by atoms with Crippen molar-refractivity contribution in [3.8, 4) is 11.3 Å². The molecule has 4 aromatic rings. The van der Waals surface area contributed by atoms with Crippen molar-refractivity contribution in [2.45, 2.75) is 40.2 Å². The summed E-state index contributed by atoms with van der Waals surface area (Å²) in [6.07, 6.45) is 2.51. The molecule has 0 fully saturated rings. The molecule has 0 atom stereocenters. The second-order valence-electron chi connectivity index (χ2n) is 8.33. The van der Waals surface area contributed by atoms with Gasteiger partial charge in [-0.15, -0.1) is 0 Å². The van der Waals surface area contributed by atoms with E-state index in [0.29, 0.717) is 54.1 Å². The van der Waals surface area contributed by atoms with Crippen LogP contribution in [-0.2, 0) is 13.0 Å². The number of nitrogens with zero attached hydrogens (tertiary/aromatic N) is 3. The Morgan fingerprint density at radius 1 is 1.09 bits per heavy atom. The molecule has 0 saturated carbocycles. The van der Waals surface area contributed by atoms with Crippen LogP contribution in [0.3, 0.4) is 0 Å². The quantitative estimate of drug-likeness (QED) is 0.347. The fourth-order valence-corrected chi connectivity index (χ4v) is 4.32. The van der Waals surface area contributed by atoms with E-state index in [4.69, 9.17) is 0 Å². The van der Waals surface area contributed by atoms with Gasteiger partial charge in [0.15, 0.2) is 0 Å². The van der Waals surface area contributed by atoms with Gasteiger partial charge in [-0.25, -0.2) is 23.5 Å². The summed E-state index contributed by atoms with van der Waals surface area (Å²) in [4.78, 5) is 20.0. The van der Waals surface area contributed by atoms with Gasteiger partial charge in [0, 0.05) is 35.8 Å². The summed E-state index contributed by atoms with van der Waals surface area (Å²) in [7, 11) is 0. The second-order valence-corrected chi connectivity index (χ2v) is 8.33. The third-order valence-corrected chi connectivity index (χ3v) is 5.94. The highest BCUT2D eigenvalue weighted by Crippen LogP contribution is 2.27. The monoisotopic (exact) mass is 464 g/mol. The molecular formula is C26H26F2N4O2. The predicted octanol–water partition coefficient (Wildman–Crippen LogP) is 5.76. The molecule has 0 spiro atoms. The smallest absolute Gasteiger partial charge is 0.338 e. The Morgan fingerprint density at radius 3 is 2.62 bits per heavy atom. The maximum absolute atomic E-state index is 14.6. The third kappa shape index (κ3) is 4.48. The molecule has 0 saturated heterocycles. The molecule has 0 bridgehead atoms. The van der Waals surface area contributed by atoms with Gasteiger partial charge < -0.3 is 15.0 Å². The van der Waals surface area contributed by atoms with Crippen molar-refractivity contribution in [3.63, 3.8) is 0 Å². The van der Waals surface area contributed by atoms with Crippen LogP contribution in [0.15, 0.2) is 42.7 Å². The molecule has 0 unspecified atom stereocenters. The van der Waals surface area contributed by atoms with Crippen molar-refractivity contribution in [2.24, 2.45) is 0 Å². The minimum atomic E-state index is -1.28. The van der Waals surface area contributed by atoms with Crippen molar-refractivity contribution in [1.29, 1.82) is 0 Å². The van der Waals surface area contributed by atoms with Crippen molar-refractivity contribution >= 4 is 22.7 Å². The van der Waals surface area contributed by atoms with Gasteiger partial charge in [0.25, 0.3) is 0 Å². The second kappa shape index (κ2) is 9.59. The summed E-state index contributed by atoms with van der Waals surface area (Å²) in [6, 6.07) is 9.80. The SMILES string of the molecule is CCCc1cc(-c2cc(NCCn3c(C)cc4c(C)ccc(F)c43)ncn2)cc(F)c1C(=O)O. The molecule has 2 aromatic carbocycles. The standard InChI is InChI=1S/C26H26F2N4O2/c1-4-5-17-11-18(12-21(28)24(17)26(33)34)22-13-23(31-14-30-22)29-8-9-32-16(3)10-19-15(2)6-7-20(27)25(19)32/h6-7,10-14H,4-5,8-9H2,1-3H3,(H,33,34)(H,29,30,31). The summed E-state index contributed by atoms with van der Waals surface area (Å²) in [6.45, 7) is 6.83. The van der Waals surface area contributed by atoms with Gasteiger partial charge in [0.05, 0.1) is 16.8 Å². The number of nitrogens with one attached hydrogen (secondary N) is 1. The lowest BCUT2D eigenvalue weighted by atomic mass is 9.98. The summed E-state index contributed by atoms with van der Waals surface area (Å²) in [5, 5.41) is 13.5. The zero-order valence-corrected chi connectivity index (χ0v) is 19.3. The number of rotatable bonds is 8. The van der Waals surface area contributed by atoms with Crippen LogP contribution in [0, 0.1) is 25.5 Å². The number of carboxylic acids is 1. The topological polar surface area (TPSA) is 80.0 Å². The molecule has 0 radical (unpaired) electrons. The Labute approximate surface area is 196 Å². The van der Waals surface area contributed by atoms with Crippen LogP contribution in [0.1, 0.15) is 40.5 Å². The molecule has 8 heteroatoms. The molecule has 0 aliphatic carbocycles. The molecule has 0 amide bonds. The number of aromatic carboxylic acids is 1. The number of aryl methyl sites for hydroxylation is 3. The van der Waals surface area contributed by atoms with Crippen LogP contribution in [0.4, 0.5) is 14.6 Å². The molecule has 4 rings (SSSR count). The van der Waals surface area contributed by atoms with Crippen LogP contribution >= 0.6 is 0 Å². The van der Waals surface area contributed by atoms with E-state index in [2.05, 4.69) is 15.3 Å². The molecular weight excluding hydrogens is 438 g/mol. The molecule has 0 aliphatic rings. The lowest BCUT2D eigenvalue weighted by Crippen LogP contribution is -2.13. The van der Waals surface area contributed by atoms with Gasteiger partial charge in [-0.2, -0.15) is 0 Å². The summed E-state index contributed by atoms with van der Waals surface area (Å²) in [5.41, 5.74) is 3.68. The van der Waals surface area contributed by atoms with Gasteiger partial charge in [0.2, 0.25) is 0 Å². The van der Waals surface area contributed by atoms with E-state index in [9.17, 15) is 18.7 Å². The van der Waals surface area contributed by atoms with Crippen LogP contribution in [0.5, 0.6) is 0 Å². The number of halogens is 2. The predicted molar refractivity (Wildman–Crippen MR) is 128 cm³/mol. The molecule has 2 heterocycles. The zero-order chi connectivity index (χ0) is 24.4. The van der Waals surface area contributed by atoms with Crippen LogP contribution in [0.25, 0.3) is 22.2 Å². The van der Waals surface area contributed by atoms with E-state index in [0.717, 1.165) is 16.6 Å². The minimum Gasteiger partial charge on any atom is -0.478 e. The van der Waals surface area contributed by atoms with Crippen LogP contribution in [-0.4, -0.2) is 32.2 Å². The first-order valence-electron chi connectivity index (χ1n) is 11.2. The van der Waals surface area contributed by atoms with E-state index in [1.165, 1.54) is 18.5 Å². The zero-order valence-electron chi connectivity index (χ0n) is 19.3. The summed E-state index contributed by atoms with van der Waals surface area (Å²) >= 11 is 0. The highest BCUT2D eigenvalue weighted by Gasteiger charge is 2.18.